The van der Waals surface area contributed by atoms with Crippen molar-refractivity contribution in [1.29, 1.82) is 0 Å². The molecule has 0 radical (unpaired) electrons. The fourth-order valence-corrected chi connectivity index (χ4v) is 3.60. The molecule has 1 unspecified atom stereocenters. The second-order valence-corrected chi connectivity index (χ2v) is 6.29. The molecular weight excluding hydrogens is 210 g/mol. The molecule has 0 aromatic rings. The second-order valence-electron chi connectivity index (χ2n) is 4.59. The Hall–Kier alpha value is 0.0700. The minimum Gasteiger partial charge on any atom is -0.381 e. The van der Waals surface area contributed by atoms with Crippen LogP contribution in [0, 0.1) is 5.92 Å². The topological polar surface area (TPSA) is 38.3 Å². The molecule has 15 heavy (non-hydrogen) atoms. The fourth-order valence-electron chi connectivity index (χ4n) is 2.30. The van der Waals surface area contributed by atoms with Gasteiger partial charge in [-0.05, 0) is 38.1 Å². The molecule has 88 valence electrons. The van der Waals surface area contributed by atoms with Crippen molar-refractivity contribution in [3.8, 4) is 0 Å². The van der Waals surface area contributed by atoms with Gasteiger partial charge in [0.1, 0.15) is 0 Å². The van der Waals surface area contributed by atoms with E-state index in [0.717, 1.165) is 50.0 Å². The Morgan fingerprint density at radius 3 is 2.73 bits per heavy atom. The first kappa shape index (κ1) is 11.6. The molecule has 3 nitrogen and oxygen atoms in total. The quantitative estimate of drug-likeness (QED) is 0.782. The third kappa shape index (κ3) is 3.85. The SMILES string of the molecule is O=S1CCC(NCCC2CCOC2)CC1. The Morgan fingerprint density at radius 1 is 1.27 bits per heavy atom. The number of rotatable bonds is 4. The van der Waals surface area contributed by atoms with Crippen LogP contribution in [0.4, 0.5) is 0 Å². The zero-order chi connectivity index (χ0) is 10.5. The first-order chi connectivity index (χ1) is 7.34. The lowest BCUT2D eigenvalue weighted by Gasteiger charge is -2.23. The zero-order valence-corrected chi connectivity index (χ0v) is 10.1. The Kier molecular flexibility index (Phi) is 4.60. The van der Waals surface area contributed by atoms with Crippen molar-refractivity contribution in [3.05, 3.63) is 0 Å². The second kappa shape index (κ2) is 5.97. The van der Waals surface area contributed by atoms with E-state index >= 15 is 0 Å². The summed E-state index contributed by atoms with van der Waals surface area (Å²) in [6.45, 7) is 3.01. The molecule has 2 saturated heterocycles. The molecule has 0 bridgehead atoms. The van der Waals surface area contributed by atoms with Crippen molar-refractivity contribution in [2.24, 2.45) is 5.92 Å². The molecule has 0 aliphatic carbocycles. The highest BCUT2D eigenvalue weighted by Crippen LogP contribution is 2.16. The van der Waals surface area contributed by atoms with Crippen molar-refractivity contribution in [3.63, 3.8) is 0 Å². The Balaban J connectivity index is 1.55. The van der Waals surface area contributed by atoms with Crippen LogP contribution < -0.4 is 5.32 Å². The summed E-state index contributed by atoms with van der Waals surface area (Å²) in [5.41, 5.74) is 0. The Morgan fingerprint density at radius 2 is 2.07 bits per heavy atom. The van der Waals surface area contributed by atoms with Gasteiger partial charge in [-0.3, -0.25) is 4.21 Å². The summed E-state index contributed by atoms with van der Waals surface area (Å²) in [7, 11) is -0.528. The van der Waals surface area contributed by atoms with Crippen LogP contribution in [-0.2, 0) is 15.5 Å². The average molecular weight is 231 g/mol. The van der Waals surface area contributed by atoms with Gasteiger partial charge >= 0.3 is 0 Å². The maximum Gasteiger partial charge on any atom is 0.0495 e. The molecule has 0 saturated carbocycles. The van der Waals surface area contributed by atoms with Crippen LogP contribution in [0.5, 0.6) is 0 Å². The standard InChI is InChI=1S/C11H21NO2S/c13-15-7-3-11(4-8-15)12-5-1-10-2-6-14-9-10/h10-12H,1-9H2. The predicted octanol–water partition coefficient (Wildman–Crippen LogP) is 0.914. The number of hydrogen-bond acceptors (Lipinski definition) is 3. The van der Waals surface area contributed by atoms with Gasteiger partial charge in [0.05, 0.1) is 0 Å². The Bertz CT molecular complexity index is 207. The van der Waals surface area contributed by atoms with E-state index in [2.05, 4.69) is 5.32 Å². The largest absolute Gasteiger partial charge is 0.381 e. The minimum absolute atomic E-state index is 0.528. The summed E-state index contributed by atoms with van der Waals surface area (Å²) in [5, 5.41) is 3.58. The molecule has 1 atom stereocenters. The third-order valence-electron chi connectivity index (χ3n) is 3.40. The maximum atomic E-state index is 11.2. The van der Waals surface area contributed by atoms with E-state index in [9.17, 15) is 4.21 Å². The smallest absolute Gasteiger partial charge is 0.0495 e. The summed E-state index contributed by atoms with van der Waals surface area (Å²) in [4.78, 5) is 0. The molecule has 0 amide bonds. The maximum absolute atomic E-state index is 11.2. The van der Waals surface area contributed by atoms with Gasteiger partial charge in [0.25, 0.3) is 0 Å². The normalized spacial score (nSPS) is 36.9. The van der Waals surface area contributed by atoms with Crippen molar-refractivity contribution in [1.82, 2.24) is 5.32 Å². The molecular formula is C11H21NO2S. The van der Waals surface area contributed by atoms with Gasteiger partial charge in [-0.2, -0.15) is 0 Å². The van der Waals surface area contributed by atoms with E-state index in [0.29, 0.717) is 6.04 Å². The zero-order valence-electron chi connectivity index (χ0n) is 9.24. The summed E-state index contributed by atoms with van der Waals surface area (Å²) in [5.74, 6) is 2.56. The summed E-state index contributed by atoms with van der Waals surface area (Å²) in [6, 6.07) is 0.616. The molecule has 1 N–H and O–H groups in total. The summed E-state index contributed by atoms with van der Waals surface area (Å²) in [6.07, 6.45) is 4.65. The minimum atomic E-state index is -0.528. The van der Waals surface area contributed by atoms with Gasteiger partial charge in [0.2, 0.25) is 0 Å². The predicted molar refractivity (Wildman–Crippen MR) is 62.4 cm³/mol. The van der Waals surface area contributed by atoms with Crippen LogP contribution in [0.3, 0.4) is 0 Å². The molecule has 2 aliphatic rings. The van der Waals surface area contributed by atoms with E-state index in [1.807, 2.05) is 0 Å². The van der Waals surface area contributed by atoms with Gasteiger partial charge in [0, 0.05) is 41.6 Å². The van der Waals surface area contributed by atoms with Crippen LogP contribution >= 0.6 is 0 Å². The highest BCUT2D eigenvalue weighted by Gasteiger charge is 2.19. The number of ether oxygens (including phenoxy) is 1. The molecule has 0 aromatic carbocycles. The summed E-state index contributed by atoms with van der Waals surface area (Å²) >= 11 is 0. The molecule has 4 heteroatoms. The lowest BCUT2D eigenvalue weighted by Crippen LogP contribution is -2.36. The lowest BCUT2D eigenvalue weighted by atomic mass is 10.0. The van der Waals surface area contributed by atoms with Gasteiger partial charge in [-0.1, -0.05) is 0 Å². The van der Waals surface area contributed by atoms with Crippen molar-refractivity contribution in [2.75, 3.05) is 31.3 Å². The first-order valence-electron chi connectivity index (χ1n) is 6.00. The van der Waals surface area contributed by atoms with Gasteiger partial charge in [-0.25, -0.2) is 0 Å². The lowest BCUT2D eigenvalue weighted by molar-refractivity contribution is 0.184. The monoisotopic (exact) mass is 231 g/mol. The summed E-state index contributed by atoms with van der Waals surface area (Å²) < 4.78 is 16.5. The highest BCUT2D eigenvalue weighted by molar-refractivity contribution is 7.85. The van der Waals surface area contributed by atoms with Gasteiger partial charge in [-0.15, -0.1) is 0 Å². The van der Waals surface area contributed by atoms with Gasteiger partial charge in [0.15, 0.2) is 0 Å². The van der Waals surface area contributed by atoms with Crippen molar-refractivity contribution < 1.29 is 8.95 Å². The van der Waals surface area contributed by atoms with E-state index in [4.69, 9.17) is 4.74 Å². The molecule has 2 heterocycles. The molecule has 2 fully saturated rings. The van der Waals surface area contributed by atoms with Gasteiger partial charge < -0.3 is 10.1 Å². The van der Waals surface area contributed by atoms with Crippen LogP contribution in [0.1, 0.15) is 25.7 Å². The van der Waals surface area contributed by atoms with Crippen molar-refractivity contribution in [2.45, 2.75) is 31.7 Å². The average Bonchev–Trinajstić information content (AvgIpc) is 2.74. The first-order valence-corrected chi connectivity index (χ1v) is 7.49. The fraction of sp³-hybridized carbons (Fsp3) is 1.00. The third-order valence-corrected chi connectivity index (χ3v) is 4.78. The van der Waals surface area contributed by atoms with Crippen molar-refractivity contribution >= 4 is 10.8 Å². The van der Waals surface area contributed by atoms with Crippen LogP contribution in [0.15, 0.2) is 0 Å². The highest BCUT2D eigenvalue weighted by atomic mass is 32.2. The van der Waals surface area contributed by atoms with E-state index in [1.54, 1.807) is 0 Å². The molecule has 0 spiro atoms. The number of hydrogen-bond donors (Lipinski definition) is 1. The van der Waals surface area contributed by atoms with Crippen LogP contribution in [0.25, 0.3) is 0 Å². The van der Waals surface area contributed by atoms with E-state index in [-0.39, 0.29) is 0 Å². The van der Waals surface area contributed by atoms with E-state index < -0.39 is 10.8 Å². The number of nitrogens with one attached hydrogen (secondary N) is 1. The molecule has 0 aromatic heterocycles. The van der Waals surface area contributed by atoms with E-state index in [1.165, 1.54) is 12.8 Å². The van der Waals surface area contributed by atoms with Crippen LogP contribution in [0.2, 0.25) is 0 Å². The van der Waals surface area contributed by atoms with Crippen LogP contribution in [-0.4, -0.2) is 41.5 Å². The molecule has 2 rings (SSSR count). The molecule has 2 aliphatic heterocycles. The Labute approximate surface area is 94.4 Å².